The molecule has 0 spiro atoms. The van der Waals surface area contributed by atoms with Gasteiger partial charge in [-0.1, -0.05) is 6.92 Å². The summed E-state index contributed by atoms with van der Waals surface area (Å²) in [6.45, 7) is 5.15. The summed E-state index contributed by atoms with van der Waals surface area (Å²) in [5.41, 5.74) is 0. The first-order chi connectivity index (χ1) is 8.93. The number of hydrogen-bond acceptors (Lipinski definition) is 5. The maximum atomic E-state index is 11.5. The average molecular weight is 305 g/mol. The van der Waals surface area contributed by atoms with Crippen LogP contribution >= 0.6 is 12.2 Å². The van der Waals surface area contributed by atoms with E-state index in [-0.39, 0.29) is 0 Å². The maximum absolute atomic E-state index is 11.5. The van der Waals surface area contributed by atoms with E-state index >= 15 is 0 Å². The molecule has 1 aliphatic heterocycles. The summed E-state index contributed by atoms with van der Waals surface area (Å²) >= 11 is 5.20. The number of nitrogens with zero attached hydrogens (tertiary/aromatic N) is 4. The minimum Gasteiger partial charge on any atom is -0.338 e. The molecular weight excluding hydrogens is 286 g/mol. The second-order valence-electron chi connectivity index (χ2n) is 4.63. The molecule has 0 bridgehead atoms. The third kappa shape index (κ3) is 3.15. The van der Waals surface area contributed by atoms with Gasteiger partial charge in [0.25, 0.3) is 0 Å². The van der Waals surface area contributed by atoms with Crippen LogP contribution in [0.25, 0.3) is 0 Å². The SMILES string of the molecule is CCCn1c(N2CCN(S(C)(=O)=O)CC2)n[nH]c1=S. The topological polar surface area (TPSA) is 74.2 Å². The summed E-state index contributed by atoms with van der Waals surface area (Å²) < 4.78 is 27.0. The number of aromatic amines is 1. The van der Waals surface area contributed by atoms with Gasteiger partial charge in [0.2, 0.25) is 16.0 Å². The Kier molecular flexibility index (Phi) is 4.26. The molecule has 1 N–H and O–H groups in total. The number of rotatable bonds is 4. The Bertz CT molecular complexity index is 583. The summed E-state index contributed by atoms with van der Waals surface area (Å²) in [5.74, 6) is 0.806. The molecule has 1 fully saturated rings. The van der Waals surface area contributed by atoms with Crippen LogP contribution in [-0.4, -0.2) is 59.9 Å². The second-order valence-corrected chi connectivity index (χ2v) is 7.00. The number of H-pyrrole nitrogens is 1. The van der Waals surface area contributed by atoms with Crippen molar-refractivity contribution >= 4 is 28.2 Å². The van der Waals surface area contributed by atoms with E-state index in [4.69, 9.17) is 12.2 Å². The average Bonchev–Trinajstić information content (AvgIpc) is 2.71. The van der Waals surface area contributed by atoms with Gasteiger partial charge in [0.1, 0.15) is 0 Å². The minimum absolute atomic E-state index is 0.491. The van der Waals surface area contributed by atoms with Gasteiger partial charge < -0.3 is 4.90 Å². The molecule has 0 aliphatic carbocycles. The summed E-state index contributed by atoms with van der Waals surface area (Å²) in [6.07, 6.45) is 2.22. The number of aromatic nitrogens is 3. The quantitative estimate of drug-likeness (QED) is 0.817. The maximum Gasteiger partial charge on any atom is 0.225 e. The molecule has 0 radical (unpaired) electrons. The summed E-state index contributed by atoms with van der Waals surface area (Å²) in [7, 11) is -3.10. The van der Waals surface area contributed by atoms with Crippen LogP contribution in [0.2, 0.25) is 0 Å². The zero-order chi connectivity index (χ0) is 14.0. The lowest BCUT2D eigenvalue weighted by Crippen LogP contribution is -2.49. The van der Waals surface area contributed by atoms with Crippen molar-refractivity contribution in [1.29, 1.82) is 0 Å². The van der Waals surface area contributed by atoms with Crippen LogP contribution in [0.1, 0.15) is 13.3 Å². The number of anilines is 1. The summed E-state index contributed by atoms with van der Waals surface area (Å²) in [4.78, 5) is 2.07. The van der Waals surface area contributed by atoms with E-state index < -0.39 is 10.0 Å². The summed E-state index contributed by atoms with van der Waals surface area (Å²) in [6, 6.07) is 0. The molecule has 1 aromatic heterocycles. The van der Waals surface area contributed by atoms with Crippen molar-refractivity contribution in [3.05, 3.63) is 4.77 Å². The van der Waals surface area contributed by atoms with Crippen LogP contribution in [0.15, 0.2) is 0 Å². The van der Waals surface area contributed by atoms with Crippen LogP contribution < -0.4 is 4.90 Å². The van der Waals surface area contributed by atoms with Crippen molar-refractivity contribution in [1.82, 2.24) is 19.1 Å². The normalized spacial score (nSPS) is 17.9. The van der Waals surface area contributed by atoms with E-state index in [1.165, 1.54) is 10.6 Å². The summed E-state index contributed by atoms with van der Waals surface area (Å²) in [5, 5.41) is 7.05. The van der Waals surface area contributed by atoms with E-state index in [1.54, 1.807) is 0 Å². The Labute approximate surface area is 118 Å². The molecule has 19 heavy (non-hydrogen) atoms. The molecule has 0 atom stereocenters. The van der Waals surface area contributed by atoms with Crippen molar-refractivity contribution in [3.63, 3.8) is 0 Å². The fourth-order valence-corrected chi connectivity index (χ4v) is 3.24. The van der Waals surface area contributed by atoms with Gasteiger partial charge in [0, 0.05) is 32.7 Å². The van der Waals surface area contributed by atoms with Crippen molar-refractivity contribution < 1.29 is 8.42 Å². The third-order valence-corrected chi connectivity index (χ3v) is 4.79. The Morgan fingerprint density at radius 2 is 1.95 bits per heavy atom. The monoisotopic (exact) mass is 305 g/mol. The highest BCUT2D eigenvalue weighted by atomic mass is 32.2. The van der Waals surface area contributed by atoms with E-state index in [9.17, 15) is 8.42 Å². The van der Waals surface area contributed by atoms with Crippen LogP contribution in [0.3, 0.4) is 0 Å². The van der Waals surface area contributed by atoms with E-state index in [0.717, 1.165) is 18.9 Å². The number of hydrogen-bond donors (Lipinski definition) is 1. The van der Waals surface area contributed by atoms with E-state index in [0.29, 0.717) is 31.0 Å². The Morgan fingerprint density at radius 3 is 2.47 bits per heavy atom. The fraction of sp³-hybridized carbons (Fsp3) is 0.800. The predicted molar refractivity (Wildman–Crippen MR) is 76.3 cm³/mol. The number of nitrogens with one attached hydrogen (secondary N) is 1. The van der Waals surface area contributed by atoms with Crippen molar-refractivity contribution in [3.8, 4) is 0 Å². The molecule has 2 rings (SSSR count). The van der Waals surface area contributed by atoms with Gasteiger partial charge in [0.15, 0.2) is 4.77 Å². The first-order valence-corrected chi connectivity index (χ1v) is 8.54. The second kappa shape index (κ2) is 5.59. The predicted octanol–water partition coefficient (Wildman–Crippen LogP) is 0.432. The molecule has 1 saturated heterocycles. The van der Waals surface area contributed by atoms with Gasteiger partial charge in [0.05, 0.1) is 6.26 Å². The van der Waals surface area contributed by atoms with Gasteiger partial charge in [-0.2, -0.15) is 4.31 Å². The number of piperazine rings is 1. The van der Waals surface area contributed by atoms with E-state index in [2.05, 4.69) is 22.0 Å². The first-order valence-electron chi connectivity index (χ1n) is 6.28. The fourth-order valence-electron chi connectivity index (χ4n) is 2.20. The van der Waals surface area contributed by atoms with Gasteiger partial charge >= 0.3 is 0 Å². The van der Waals surface area contributed by atoms with Gasteiger partial charge in [-0.15, -0.1) is 5.10 Å². The van der Waals surface area contributed by atoms with Crippen molar-refractivity contribution in [2.75, 3.05) is 37.3 Å². The van der Waals surface area contributed by atoms with Gasteiger partial charge in [-0.05, 0) is 18.6 Å². The van der Waals surface area contributed by atoms with Crippen molar-refractivity contribution in [2.45, 2.75) is 19.9 Å². The Hall–Kier alpha value is -0.930. The highest BCUT2D eigenvalue weighted by Gasteiger charge is 2.25. The van der Waals surface area contributed by atoms with Crippen molar-refractivity contribution in [2.24, 2.45) is 0 Å². The molecular formula is C10H19N5O2S2. The minimum atomic E-state index is -3.10. The molecule has 1 aromatic rings. The molecule has 0 amide bonds. The molecule has 1 aliphatic rings. The molecule has 0 aromatic carbocycles. The van der Waals surface area contributed by atoms with Crippen LogP contribution in [0.5, 0.6) is 0 Å². The molecule has 108 valence electrons. The van der Waals surface area contributed by atoms with Crippen LogP contribution in [0.4, 0.5) is 5.95 Å². The van der Waals surface area contributed by atoms with Crippen LogP contribution in [0, 0.1) is 4.77 Å². The molecule has 0 unspecified atom stereocenters. The molecule has 2 heterocycles. The highest BCUT2D eigenvalue weighted by molar-refractivity contribution is 7.88. The lowest BCUT2D eigenvalue weighted by atomic mass is 10.4. The third-order valence-electron chi connectivity index (χ3n) is 3.18. The Balaban J connectivity index is 2.12. The Morgan fingerprint density at radius 1 is 1.32 bits per heavy atom. The smallest absolute Gasteiger partial charge is 0.225 e. The highest BCUT2D eigenvalue weighted by Crippen LogP contribution is 2.15. The molecule has 7 nitrogen and oxygen atoms in total. The zero-order valence-electron chi connectivity index (χ0n) is 11.2. The first kappa shape index (κ1) is 14.5. The standard InChI is InChI=1S/C10H19N5O2S2/c1-3-4-15-9(11-12-10(15)18)13-5-7-14(8-6-13)19(2,16)17/h3-8H2,1-2H3,(H,12,18). The van der Waals surface area contributed by atoms with Crippen LogP contribution in [-0.2, 0) is 16.6 Å². The van der Waals surface area contributed by atoms with Gasteiger partial charge in [-0.3, -0.25) is 4.57 Å². The van der Waals surface area contributed by atoms with E-state index in [1.807, 2.05) is 4.57 Å². The van der Waals surface area contributed by atoms with Gasteiger partial charge in [-0.25, -0.2) is 13.5 Å². The molecule has 0 saturated carbocycles. The lowest BCUT2D eigenvalue weighted by Gasteiger charge is -2.33. The number of sulfonamides is 1. The zero-order valence-corrected chi connectivity index (χ0v) is 12.8. The lowest BCUT2D eigenvalue weighted by molar-refractivity contribution is 0.383. The largest absolute Gasteiger partial charge is 0.338 e. The molecule has 9 heteroatoms.